The summed E-state index contributed by atoms with van der Waals surface area (Å²) in [6.45, 7) is 0. The molecular formula is C14H8Cl2O4S. The number of carboxylic acid groups (broad SMARTS) is 2. The van der Waals surface area contributed by atoms with Gasteiger partial charge in [-0.15, -0.1) is 0 Å². The van der Waals surface area contributed by atoms with Gasteiger partial charge in [0.05, 0.1) is 21.2 Å². The van der Waals surface area contributed by atoms with Gasteiger partial charge in [0.25, 0.3) is 0 Å². The fourth-order valence-corrected chi connectivity index (χ4v) is 2.97. The van der Waals surface area contributed by atoms with Crippen molar-refractivity contribution in [3.63, 3.8) is 0 Å². The van der Waals surface area contributed by atoms with Gasteiger partial charge < -0.3 is 10.2 Å². The minimum Gasteiger partial charge on any atom is -0.478 e. The lowest BCUT2D eigenvalue weighted by Gasteiger charge is -2.07. The van der Waals surface area contributed by atoms with Crippen molar-refractivity contribution in [3.8, 4) is 0 Å². The van der Waals surface area contributed by atoms with Crippen LogP contribution in [-0.4, -0.2) is 22.2 Å². The SMILES string of the molecule is O=C(O)c1ccc(Sc2ccc(C(=O)O)cc2Cl)c(Cl)c1. The van der Waals surface area contributed by atoms with Gasteiger partial charge in [-0.3, -0.25) is 0 Å². The van der Waals surface area contributed by atoms with E-state index in [1.165, 1.54) is 36.0 Å². The molecule has 2 N–H and O–H groups in total. The Balaban J connectivity index is 2.30. The van der Waals surface area contributed by atoms with E-state index in [1.807, 2.05) is 0 Å². The lowest BCUT2D eigenvalue weighted by molar-refractivity contribution is 0.0686. The molecule has 0 atom stereocenters. The quantitative estimate of drug-likeness (QED) is 0.852. The third-order valence-electron chi connectivity index (χ3n) is 2.58. The van der Waals surface area contributed by atoms with Gasteiger partial charge in [0.2, 0.25) is 0 Å². The fraction of sp³-hybridized carbons (Fsp3) is 0. The molecule has 0 aromatic heterocycles. The zero-order valence-corrected chi connectivity index (χ0v) is 12.7. The minimum absolute atomic E-state index is 0.0941. The molecule has 0 radical (unpaired) electrons. The van der Waals surface area contributed by atoms with Crippen LogP contribution in [0.1, 0.15) is 20.7 Å². The molecule has 4 nitrogen and oxygen atoms in total. The topological polar surface area (TPSA) is 74.6 Å². The number of rotatable bonds is 4. The van der Waals surface area contributed by atoms with Crippen molar-refractivity contribution in [2.24, 2.45) is 0 Å². The Morgan fingerprint density at radius 2 is 1.19 bits per heavy atom. The molecule has 0 bridgehead atoms. The van der Waals surface area contributed by atoms with Gasteiger partial charge in [0.1, 0.15) is 0 Å². The normalized spacial score (nSPS) is 10.4. The number of benzene rings is 2. The molecule has 0 fully saturated rings. The highest BCUT2D eigenvalue weighted by molar-refractivity contribution is 7.99. The maximum atomic E-state index is 10.8. The van der Waals surface area contributed by atoms with Crippen LogP contribution in [0.15, 0.2) is 46.2 Å². The van der Waals surface area contributed by atoms with Crippen LogP contribution in [-0.2, 0) is 0 Å². The van der Waals surface area contributed by atoms with Gasteiger partial charge >= 0.3 is 11.9 Å². The first-order valence-electron chi connectivity index (χ1n) is 5.62. The molecule has 0 amide bonds. The molecule has 2 rings (SSSR count). The van der Waals surface area contributed by atoms with Crippen LogP contribution in [0.4, 0.5) is 0 Å². The van der Waals surface area contributed by atoms with Gasteiger partial charge in [-0.2, -0.15) is 0 Å². The number of carboxylic acids is 2. The standard InChI is InChI=1S/C14H8Cl2O4S/c15-9-5-7(13(17)18)1-3-11(9)21-12-4-2-8(14(19)20)6-10(12)16/h1-6H,(H,17,18)(H,19,20). The molecule has 21 heavy (non-hydrogen) atoms. The second-order valence-corrected chi connectivity index (χ2v) is 5.90. The Morgan fingerprint density at radius 1 is 0.810 bits per heavy atom. The van der Waals surface area contributed by atoms with E-state index < -0.39 is 11.9 Å². The number of carbonyl (C=O) groups is 2. The highest BCUT2D eigenvalue weighted by Gasteiger charge is 2.12. The summed E-state index contributed by atoms with van der Waals surface area (Å²) in [6, 6.07) is 8.75. The Morgan fingerprint density at radius 3 is 1.48 bits per heavy atom. The average Bonchev–Trinajstić information content (AvgIpc) is 2.42. The molecule has 0 spiro atoms. The van der Waals surface area contributed by atoms with Crippen LogP contribution in [0.25, 0.3) is 0 Å². The van der Waals surface area contributed by atoms with E-state index in [2.05, 4.69) is 0 Å². The lowest BCUT2D eigenvalue weighted by atomic mass is 10.2. The third-order valence-corrected chi connectivity index (χ3v) is 4.58. The third kappa shape index (κ3) is 3.69. The second-order valence-electron chi connectivity index (χ2n) is 4.00. The number of hydrogen-bond acceptors (Lipinski definition) is 3. The smallest absolute Gasteiger partial charge is 0.335 e. The molecule has 0 aliphatic rings. The van der Waals surface area contributed by atoms with E-state index in [4.69, 9.17) is 33.4 Å². The van der Waals surface area contributed by atoms with Crippen molar-refractivity contribution in [1.29, 1.82) is 0 Å². The van der Waals surface area contributed by atoms with Crippen LogP contribution in [0, 0.1) is 0 Å². The Kier molecular flexibility index (Phi) is 4.77. The number of halogens is 2. The van der Waals surface area contributed by atoms with Gasteiger partial charge in [-0.05, 0) is 36.4 Å². The summed E-state index contributed by atoms with van der Waals surface area (Å²) in [5.41, 5.74) is 0.188. The molecule has 0 saturated heterocycles. The van der Waals surface area contributed by atoms with E-state index in [-0.39, 0.29) is 11.1 Å². The average molecular weight is 343 g/mol. The van der Waals surface area contributed by atoms with E-state index in [0.29, 0.717) is 19.8 Å². The van der Waals surface area contributed by atoms with Crippen molar-refractivity contribution >= 4 is 46.9 Å². The zero-order chi connectivity index (χ0) is 15.6. The van der Waals surface area contributed by atoms with Crippen LogP contribution in [0.2, 0.25) is 10.0 Å². The van der Waals surface area contributed by atoms with Gasteiger partial charge in [-0.1, -0.05) is 35.0 Å². The maximum absolute atomic E-state index is 10.8. The first kappa shape index (κ1) is 15.7. The highest BCUT2D eigenvalue weighted by Crippen LogP contribution is 2.37. The van der Waals surface area contributed by atoms with Crippen LogP contribution in [0.3, 0.4) is 0 Å². The van der Waals surface area contributed by atoms with Crippen molar-refractivity contribution < 1.29 is 19.8 Å². The van der Waals surface area contributed by atoms with Gasteiger partial charge in [-0.25, -0.2) is 9.59 Å². The van der Waals surface area contributed by atoms with Gasteiger partial charge in [0, 0.05) is 9.79 Å². The molecule has 2 aromatic carbocycles. The van der Waals surface area contributed by atoms with Crippen LogP contribution in [0.5, 0.6) is 0 Å². The zero-order valence-electron chi connectivity index (χ0n) is 10.3. The van der Waals surface area contributed by atoms with E-state index >= 15 is 0 Å². The van der Waals surface area contributed by atoms with Crippen molar-refractivity contribution in [2.45, 2.75) is 9.79 Å². The van der Waals surface area contributed by atoms with Crippen LogP contribution < -0.4 is 0 Å². The predicted octanol–water partition coefficient (Wildman–Crippen LogP) is 4.54. The summed E-state index contributed by atoms with van der Waals surface area (Å²) in [6.07, 6.45) is 0. The predicted molar refractivity (Wildman–Crippen MR) is 80.9 cm³/mol. The number of hydrogen-bond donors (Lipinski definition) is 2. The van der Waals surface area contributed by atoms with Crippen LogP contribution >= 0.6 is 35.0 Å². The molecule has 7 heteroatoms. The largest absolute Gasteiger partial charge is 0.478 e. The Labute approximate surface area is 134 Å². The van der Waals surface area contributed by atoms with Crippen molar-refractivity contribution in [1.82, 2.24) is 0 Å². The van der Waals surface area contributed by atoms with Gasteiger partial charge in [0.15, 0.2) is 0 Å². The summed E-state index contributed by atoms with van der Waals surface area (Å²) in [5.74, 6) is -2.12. The molecule has 2 aromatic rings. The molecule has 0 unspecified atom stereocenters. The molecule has 0 heterocycles. The first-order valence-corrected chi connectivity index (χ1v) is 7.19. The molecule has 108 valence electrons. The summed E-state index contributed by atoms with van der Waals surface area (Å²) >= 11 is 13.3. The Hall–Kier alpha value is -1.69. The summed E-state index contributed by atoms with van der Waals surface area (Å²) < 4.78 is 0. The summed E-state index contributed by atoms with van der Waals surface area (Å²) in [7, 11) is 0. The lowest BCUT2D eigenvalue weighted by Crippen LogP contribution is -1.96. The van der Waals surface area contributed by atoms with E-state index in [1.54, 1.807) is 12.1 Å². The first-order chi connectivity index (χ1) is 9.88. The second kappa shape index (κ2) is 6.39. The maximum Gasteiger partial charge on any atom is 0.335 e. The number of aromatic carboxylic acids is 2. The summed E-state index contributed by atoms with van der Waals surface area (Å²) in [5, 5.41) is 18.3. The highest BCUT2D eigenvalue weighted by atomic mass is 35.5. The summed E-state index contributed by atoms with van der Waals surface area (Å²) in [4.78, 5) is 22.9. The molecular weight excluding hydrogens is 335 g/mol. The minimum atomic E-state index is -1.06. The fourth-order valence-electron chi connectivity index (χ4n) is 1.55. The Bertz CT molecular complexity index is 669. The van der Waals surface area contributed by atoms with E-state index in [0.717, 1.165) is 0 Å². The molecule has 0 aliphatic heterocycles. The molecule has 0 aliphatic carbocycles. The van der Waals surface area contributed by atoms with E-state index in [9.17, 15) is 9.59 Å². The molecule has 0 saturated carbocycles. The van der Waals surface area contributed by atoms with Crippen molar-refractivity contribution in [3.05, 3.63) is 57.6 Å². The van der Waals surface area contributed by atoms with Crippen molar-refractivity contribution in [2.75, 3.05) is 0 Å². The monoisotopic (exact) mass is 342 g/mol.